The second kappa shape index (κ2) is 5.48. The number of H-pyrrole nitrogens is 1. The Bertz CT molecular complexity index is 556. The Morgan fingerprint density at radius 1 is 1.43 bits per heavy atom. The summed E-state index contributed by atoms with van der Waals surface area (Å²) in [5.74, 6) is -0.0508. The van der Waals surface area contributed by atoms with Crippen molar-refractivity contribution in [2.75, 3.05) is 26.2 Å². The predicted octanol–water partition coefficient (Wildman–Crippen LogP) is 0.180. The summed E-state index contributed by atoms with van der Waals surface area (Å²) < 4.78 is 5.75. The van der Waals surface area contributed by atoms with Gasteiger partial charge in [0.2, 0.25) is 5.91 Å². The van der Waals surface area contributed by atoms with Crippen molar-refractivity contribution < 1.29 is 14.3 Å². The largest absolute Gasteiger partial charge is 0.374 e. The third-order valence-electron chi connectivity index (χ3n) is 4.20. The molecule has 2 atom stereocenters. The summed E-state index contributed by atoms with van der Waals surface area (Å²) in [6.07, 6.45) is 0.788. The van der Waals surface area contributed by atoms with E-state index in [0.29, 0.717) is 31.9 Å². The van der Waals surface area contributed by atoms with E-state index in [1.54, 1.807) is 17.9 Å². The van der Waals surface area contributed by atoms with Crippen molar-refractivity contribution in [2.45, 2.75) is 32.4 Å². The molecule has 2 aliphatic rings. The molecule has 0 aromatic carbocycles. The molecular weight excluding hydrogens is 272 g/mol. The van der Waals surface area contributed by atoms with Crippen LogP contribution < -0.4 is 0 Å². The van der Waals surface area contributed by atoms with Gasteiger partial charge >= 0.3 is 0 Å². The second-order valence-corrected chi connectivity index (χ2v) is 5.67. The number of nitrogens with one attached hydrogen (secondary N) is 1. The van der Waals surface area contributed by atoms with Crippen LogP contribution in [0.25, 0.3) is 0 Å². The lowest BCUT2D eigenvalue weighted by atomic mass is 9.98. The fourth-order valence-corrected chi connectivity index (χ4v) is 3.14. The SMILES string of the molecule is CC(=O)N1CCO[C@H]2CCN(C(=O)c3cc(C)[nH]n3)C[C@H]21. The van der Waals surface area contributed by atoms with Gasteiger partial charge < -0.3 is 14.5 Å². The quantitative estimate of drug-likeness (QED) is 0.801. The molecule has 0 bridgehead atoms. The third-order valence-corrected chi connectivity index (χ3v) is 4.20. The second-order valence-electron chi connectivity index (χ2n) is 5.67. The fraction of sp³-hybridized carbons (Fsp3) is 0.643. The van der Waals surface area contributed by atoms with Crippen LogP contribution in [0.15, 0.2) is 6.07 Å². The third kappa shape index (κ3) is 2.65. The van der Waals surface area contributed by atoms with E-state index in [9.17, 15) is 9.59 Å². The Balaban J connectivity index is 1.74. The van der Waals surface area contributed by atoms with Crippen LogP contribution in [0.4, 0.5) is 0 Å². The van der Waals surface area contributed by atoms with E-state index in [4.69, 9.17) is 4.74 Å². The molecule has 1 aromatic rings. The van der Waals surface area contributed by atoms with Gasteiger partial charge in [0, 0.05) is 32.3 Å². The van der Waals surface area contributed by atoms with Crippen LogP contribution in [-0.2, 0) is 9.53 Å². The molecule has 1 aromatic heterocycles. The van der Waals surface area contributed by atoms with Gasteiger partial charge in [0.15, 0.2) is 0 Å². The van der Waals surface area contributed by atoms with E-state index in [2.05, 4.69) is 10.2 Å². The highest BCUT2D eigenvalue weighted by atomic mass is 16.5. The molecule has 0 spiro atoms. The topological polar surface area (TPSA) is 78.5 Å². The highest BCUT2D eigenvalue weighted by molar-refractivity contribution is 5.92. The summed E-state index contributed by atoms with van der Waals surface area (Å²) >= 11 is 0. The molecule has 2 aliphatic heterocycles. The number of piperidine rings is 1. The summed E-state index contributed by atoms with van der Waals surface area (Å²) in [4.78, 5) is 27.8. The van der Waals surface area contributed by atoms with E-state index in [0.717, 1.165) is 12.1 Å². The Labute approximate surface area is 123 Å². The summed E-state index contributed by atoms with van der Waals surface area (Å²) in [6.45, 7) is 5.75. The molecule has 2 saturated heterocycles. The first-order valence-electron chi connectivity index (χ1n) is 7.26. The number of carbonyl (C=O) groups is 2. The standard InChI is InChI=1S/C14H20N4O3/c1-9-7-11(16-15-9)14(20)17-4-3-13-12(8-17)18(10(2)19)5-6-21-13/h7,12-13H,3-6,8H2,1-2H3,(H,15,16)/t12-,13+/m1/s1. The van der Waals surface area contributed by atoms with Gasteiger partial charge in [-0.25, -0.2) is 0 Å². The molecule has 2 fully saturated rings. The Morgan fingerprint density at radius 2 is 2.24 bits per heavy atom. The van der Waals surface area contributed by atoms with Crippen LogP contribution in [0, 0.1) is 6.92 Å². The summed E-state index contributed by atoms with van der Waals surface area (Å²) in [5.41, 5.74) is 1.29. The van der Waals surface area contributed by atoms with E-state index < -0.39 is 0 Å². The zero-order valence-corrected chi connectivity index (χ0v) is 12.3. The minimum absolute atomic E-state index is 0.0348. The molecule has 0 unspecified atom stereocenters. The van der Waals surface area contributed by atoms with Crippen LogP contribution in [0.5, 0.6) is 0 Å². The predicted molar refractivity (Wildman–Crippen MR) is 74.8 cm³/mol. The number of hydrogen-bond acceptors (Lipinski definition) is 4. The van der Waals surface area contributed by atoms with Crippen LogP contribution in [0.3, 0.4) is 0 Å². The highest BCUT2D eigenvalue weighted by Gasteiger charge is 2.39. The number of hydrogen-bond donors (Lipinski definition) is 1. The number of rotatable bonds is 1. The van der Waals surface area contributed by atoms with E-state index in [1.807, 2.05) is 11.8 Å². The lowest BCUT2D eigenvalue weighted by Gasteiger charge is -2.46. The van der Waals surface area contributed by atoms with Gasteiger partial charge in [-0.2, -0.15) is 5.10 Å². The first-order valence-corrected chi connectivity index (χ1v) is 7.26. The van der Waals surface area contributed by atoms with Gasteiger partial charge in [0.05, 0.1) is 18.8 Å². The molecule has 7 nitrogen and oxygen atoms in total. The van der Waals surface area contributed by atoms with Gasteiger partial charge in [-0.15, -0.1) is 0 Å². The van der Waals surface area contributed by atoms with Crippen molar-refractivity contribution in [1.82, 2.24) is 20.0 Å². The molecule has 3 heterocycles. The number of ether oxygens (including phenoxy) is 1. The van der Waals surface area contributed by atoms with E-state index >= 15 is 0 Å². The van der Waals surface area contributed by atoms with Gasteiger partial charge in [0.1, 0.15) is 5.69 Å². The van der Waals surface area contributed by atoms with E-state index in [1.165, 1.54) is 0 Å². The first-order chi connectivity index (χ1) is 10.1. The van der Waals surface area contributed by atoms with Crippen molar-refractivity contribution in [1.29, 1.82) is 0 Å². The number of fused-ring (bicyclic) bond motifs is 1. The summed E-state index contributed by atoms with van der Waals surface area (Å²) in [6, 6.07) is 1.70. The number of aromatic nitrogens is 2. The molecule has 21 heavy (non-hydrogen) atoms. The Kier molecular flexibility index (Phi) is 3.67. The number of nitrogens with zero attached hydrogens (tertiary/aromatic N) is 3. The van der Waals surface area contributed by atoms with Crippen molar-refractivity contribution in [2.24, 2.45) is 0 Å². The van der Waals surface area contributed by atoms with Crippen LogP contribution in [0.2, 0.25) is 0 Å². The Hall–Kier alpha value is -1.89. The minimum Gasteiger partial charge on any atom is -0.374 e. The van der Waals surface area contributed by atoms with Gasteiger partial charge in [0.25, 0.3) is 5.91 Å². The molecule has 2 amide bonds. The van der Waals surface area contributed by atoms with Crippen LogP contribution in [-0.4, -0.2) is 70.2 Å². The molecule has 7 heteroatoms. The monoisotopic (exact) mass is 292 g/mol. The fourth-order valence-electron chi connectivity index (χ4n) is 3.14. The molecule has 114 valence electrons. The molecule has 0 aliphatic carbocycles. The molecule has 1 N–H and O–H groups in total. The van der Waals surface area contributed by atoms with Crippen molar-refractivity contribution >= 4 is 11.8 Å². The Morgan fingerprint density at radius 3 is 2.90 bits per heavy atom. The average molecular weight is 292 g/mol. The summed E-state index contributed by atoms with van der Waals surface area (Å²) in [7, 11) is 0. The molecular formula is C14H20N4O3. The van der Waals surface area contributed by atoms with Crippen LogP contribution in [0.1, 0.15) is 29.5 Å². The van der Waals surface area contributed by atoms with Gasteiger partial charge in [-0.1, -0.05) is 0 Å². The number of likely N-dealkylation sites (tertiary alicyclic amines) is 1. The molecule has 3 rings (SSSR count). The number of carbonyl (C=O) groups excluding carboxylic acids is 2. The maximum absolute atomic E-state index is 12.5. The normalized spacial score (nSPS) is 25.6. The smallest absolute Gasteiger partial charge is 0.274 e. The molecule has 0 radical (unpaired) electrons. The molecule has 0 saturated carbocycles. The minimum atomic E-state index is -0.0909. The average Bonchev–Trinajstić information content (AvgIpc) is 2.91. The maximum Gasteiger partial charge on any atom is 0.274 e. The van der Waals surface area contributed by atoms with Gasteiger partial charge in [-0.05, 0) is 19.4 Å². The number of aromatic amines is 1. The highest BCUT2D eigenvalue weighted by Crippen LogP contribution is 2.24. The maximum atomic E-state index is 12.5. The van der Waals surface area contributed by atoms with Crippen molar-refractivity contribution in [3.8, 4) is 0 Å². The van der Waals surface area contributed by atoms with Crippen molar-refractivity contribution in [3.63, 3.8) is 0 Å². The zero-order valence-electron chi connectivity index (χ0n) is 12.3. The van der Waals surface area contributed by atoms with E-state index in [-0.39, 0.29) is 24.0 Å². The number of amides is 2. The number of aryl methyl sites for hydroxylation is 1. The van der Waals surface area contributed by atoms with Gasteiger partial charge in [-0.3, -0.25) is 14.7 Å². The lowest BCUT2D eigenvalue weighted by Crippen LogP contribution is -2.61. The van der Waals surface area contributed by atoms with Crippen LogP contribution >= 0.6 is 0 Å². The first kappa shape index (κ1) is 14.1. The van der Waals surface area contributed by atoms with Crippen molar-refractivity contribution in [3.05, 3.63) is 17.5 Å². The number of morpholine rings is 1. The lowest BCUT2D eigenvalue weighted by molar-refractivity contribution is -0.149. The summed E-state index contributed by atoms with van der Waals surface area (Å²) in [5, 5.41) is 6.81. The zero-order chi connectivity index (χ0) is 15.0.